The first kappa shape index (κ1) is 107. The van der Waals surface area contributed by atoms with E-state index in [0.717, 1.165) is 0 Å². The number of carboxylic acids is 1. The highest BCUT2D eigenvalue weighted by atomic mass is 16.4. The van der Waals surface area contributed by atoms with Gasteiger partial charge in [0, 0.05) is 39.1 Å². The van der Waals surface area contributed by atoms with Crippen LogP contribution in [0, 0.1) is 47.3 Å². The Labute approximate surface area is 744 Å². The fourth-order valence-corrected chi connectivity index (χ4v) is 16.5. The minimum Gasteiger partial charge on any atom is -0.480 e. The molecule has 716 valence electrons. The van der Waals surface area contributed by atoms with Gasteiger partial charge in [0.05, 0.1) is 25.3 Å². The zero-order chi connectivity index (χ0) is 95.6. The molecule has 41 nitrogen and oxygen atoms in total. The first-order chi connectivity index (χ1) is 59.5. The molecule has 0 aromatic rings. The van der Waals surface area contributed by atoms with Crippen molar-refractivity contribution >= 4 is 112 Å². The molecule has 18 amide bonds. The van der Waals surface area contributed by atoms with Gasteiger partial charge in [0.2, 0.25) is 106 Å². The lowest BCUT2D eigenvalue weighted by atomic mass is 9.96. The van der Waals surface area contributed by atoms with Crippen molar-refractivity contribution in [1.29, 1.82) is 0 Å². The summed E-state index contributed by atoms with van der Waals surface area (Å²) in [5.74, 6) is -18.2. The summed E-state index contributed by atoms with van der Waals surface area (Å²) in [7, 11) is 0. The summed E-state index contributed by atoms with van der Waals surface area (Å²) in [6, 6.07) is -21.3. The van der Waals surface area contributed by atoms with Gasteiger partial charge in [-0.15, -0.1) is 0 Å². The third kappa shape index (κ3) is 29.9. The SMILES string of the molecule is CC[C@H](C)[C@H](NC(=O)[C@H](C)NC(=O)[C@@H](N)C(C)C)C(=O)N[C@@H](CCC(N)=O)C(=O)N1CCC[C@H]1C(=O)N1CCC[C@H]1C(=O)N1CCC[C@H]1C(=O)N[C@H](C(=O)N[C@H](C(=O)N[C@H](C(=O)N[C@H](C(=O)N[C@@H](CC(C)C)C(=O)N1CCC[C@H]1C(=O)NCC(=O)N1CCC[C@H]1C(=O)N[C@H](C(=O)N[C@@H](CC(C)C)C(=O)N[C@@H](CO)C(=O)O)[C@@H](C)CC)[C@@H](C)O)C(C)C)C(C)C)C(C)C. The molecule has 0 aliphatic carbocycles. The first-order valence-corrected chi connectivity index (χ1v) is 45.2. The number of rotatable bonds is 47. The van der Waals surface area contributed by atoms with E-state index in [1.807, 2.05) is 0 Å². The monoisotopic (exact) mass is 1800 g/mol. The van der Waals surface area contributed by atoms with Crippen LogP contribution in [0.15, 0.2) is 0 Å². The maximum absolute atomic E-state index is 14.8. The number of aliphatic hydroxyl groups excluding tert-OH is 2. The molecule has 5 saturated heterocycles. The second-order valence-electron chi connectivity index (χ2n) is 36.9. The van der Waals surface area contributed by atoms with Crippen molar-refractivity contribution in [2.45, 2.75) is 336 Å². The van der Waals surface area contributed by atoms with Gasteiger partial charge in [-0.25, -0.2) is 4.79 Å². The molecule has 0 aromatic heterocycles. The molecule has 0 spiro atoms. The van der Waals surface area contributed by atoms with Crippen molar-refractivity contribution in [2.75, 3.05) is 45.9 Å². The number of nitrogens with two attached hydrogens (primary N) is 2. The maximum atomic E-state index is 14.8. The fourth-order valence-electron chi connectivity index (χ4n) is 16.5. The lowest BCUT2D eigenvalue weighted by molar-refractivity contribution is -0.151. The molecule has 0 unspecified atom stereocenters. The number of hydrogen-bond acceptors (Lipinski definition) is 22. The molecule has 127 heavy (non-hydrogen) atoms. The van der Waals surface area contributed by atoms with Crippen LogP contribution in [0.25, 0.3) is 0 Å². The predicted octanol–water partition coefficient (Wildman–Crippen LogP) is -2.73. The third-order valence-electron chi connectivity index (χ3n) is 24.5. The molecule has 0 aromatic carbocycles. The number of primary amides is 1. The number of aliphatic carboxylic acids is 1. The number of hydrogen-bond donors (Lipinski definition) is 17. The van der Waals surface area contributed by atoms with Gasteiger partial charge in [0.25, 0.3) is 0 Å². The van der Waals surface area contributed by atoms with Crippen LogP contribution in [-0.4, -0.2) is 307 Å². The summed E-state index contributed by atoms with van der Waals surface area (Å²) in [5, 5.41) is 61.7. The largest absolute Gasteiger partial charge is 0.480 e. The molecule has 20 atom stereocenters. The molecule has 5 fully saturated rings. The topological polar surface area (TPSA) is 598 Å². The molecule has 0 radical (unpaired) electrons. The van der Waals surface area contributed by atoms with E-state index >= 15 is 0 Å². The summed E-state index contributed by atoms with van der Waals surface area (Å²) >= 11 is 0. The number of nitrogens with zero attached hydrogens (tertiary/aromatic N) is 5. The maximum Gasteiger partial charge on any atom is 0.328 e. The van der Waals surface area contributed by atoms with Crippen LogP contribution in [0.1, 0.15) is 227 Å². The van der Waals surface area contributed by atoms with E-state index in [9.17, 15) is 106 Å². The molecular formula is C86H145N19O22. The van der Waals surface area contributed by atoms with Gasteiger partial charge in [-0.2, -0.15) is 0 Å². The average molecular weight is 1800 g/mol. The molecule has 5 aliphatic rings. The Morgan fingerprint density at radius 2 is 0.717 bits per heavy atom. The molecule has 0 bridgehead atoms. The number of nitrogens with one attached hydrogen (secondary N) is 12. The van der Waals surface area contributed by atoms with Gasteiger partial charge in [-0.05, 0) is 145 Å². The standard InChI is InChI=1S/C86H145N19O22/c1-19-48(15)67(98-70(110)50(17)90-75(115)63(88)44(7)8)79(119)91-52(31-32-61(87)108)82(122)104-36-24-29-59(104)85(125)105-37-25-30-60(105)84(124)103-35-23-28-58(103)74(114)95-64(45(9)10)76(116)96-65(46(11)12)77(117)97-66(47(13)14)78(118)100-69(51(18)107)81(121)93-54(39-43(5)6)83(123)102-34-22-26-56(102)72(112)89-40-62(109)101-33-21-27-57(101)73(113)99-68(49(16)20-2)80(120)92-53(38-42(3)4)71(111)94-55(41-106)86(126)127/h42-60,63-69,106-107H,19-41,88H2,1-18H3,(H2,87,108)(H,89,112)(H,90,115)(H,91,119)(H,92,120)(H,93,121)(H,94,111)(H,95,114)(H,96,116)(H,97,117)(H,98,110)(H,99,113)(H,100,118)(H,126,127)/t48-,49-,50-,51+,52-,53-,54-,55-,56-,57-,58-,59-,60-,63-,64-,65-,66-,67-,68-,69-/m0/s1. The highest BCUT2D eigenvalue weighted by molar-refractivity contribution is 6.02. The van der Waals surface area contributed by atoms with Gasteiger partial charge < -0.3 is 115 Å². The van der Waals surface area contributed by atoms with Crippen LogP contribution in [-0.2, 0) is 91.1 Å². The van der Waals surface area contributed by atoms with Crippen LogP contribution in [0.4, 0.5) is 0 Å². The second kappa shape index (κ2) is 50.0. The van der Waals surface area contributed by atoms with Crippen LogP contribution < -0.4 is 75.3 Å². The third-order valence-corrected chi connectivity index (χ3v) is 24.5. The average Bonchev–Trinajstić information content (AvgIpc) is 1.66. The smallest absolute Gasteiger partial charge is 0.328 e. The van der Waals surface area contributed by atoms with E-state index in [0.29, 0.717) is 44.9 Å². The Bertz CT molecular complexity index is 3900. The van der Waals surface area contributed by atoms with Crippen molar-refractivity contribution in [3.05, 3.63) is 0 Å². The van der Waals surface area contributed by atoms with Gasteiger partial charge >= 0.3 is 5.97 Å². The second-order valence-corrected chi connectivity index (χ2v) is 36.9. The van der Waals surface area contributed by atoms with E-state index in [2.05, 4.69) is 63.8 Å². The molecular weight excluding hydrogens is 1650 g/mol. The van der Waals surface area contributed by atoms with E-state index in [1.165, 1.54) is 38.3 Å². The Morgan fingerprint density at radius 3 is 1.16 bits per heavy atom. The van der Waals surface area contributed by atoms with Gasteiger partial charge in [0.1, 0.15) is 96.7 Å². The zero-order valence-corrected chi connectivity index (χ0v) is 77.3. The van der Waals surface area contributed by atoms with Crippen molar-refractivity contribution in [1.82, 2.24) is 88.3 Å². The van der Waals surface area contributed by atoms with Crippen molar-refractivity contribution in [3.63, 3.8) is 0 Å². The van der Waals surface area contributed by atoms with Crippen LogP contribution in [0.5, 0.6) is 0 Å². The number of likely N-dealkylation sites (tertiary alicyclic amines) is 5. The number of amides is 18. The molecule has 0 saturated carbocycles. The minimum absolute atomic E-state index is 0.0216. The number of carbonyl (C=O) groups excluding carboxylic acids is 18. The fraction of sp³-hybridized carbons (Fsp3) is 0.779. The summed E-state index contributed by atoms with van der Waals surface area (Å²) in [4.78, 5) is 272. The van der Waals surface area contributed by atoms with Gasteiger partial charge in [-0.1, -0.05) is 124 Å². The minimum atomic E-state index is -1.74. The summed E-state index contributed by atoms with van der Waals surface area (Å²) in [6.45, 7) is 29.0. The first-order valence-electron chi connectivity index (χ1n) is 45.2. The van der Waals surface area contributed by atoms with Gasteiger partial charge in [-0.3, -0.25) is 86.3 Å². The van der Waals surface area contributed by atoms with Crippen LogP contribution >= 0.6 is 0 Å². The molecule has 5 rings (SSSR count). The number of carbonyl (C=O) groups is 19. The van der Waals surface area contributed by atoms with E-state index in [-0.39, 0.29) is 108 Å². The summed E-state index contributed by atoms with van der Waals surface area (Å²) in [5.41, 5.74) is 11.5. The Kier molecular flexibility index (Phi) is 42.2. The normalized spacial score (nSPS) is 21.2. The zero-order valence-electron chi connectivity index (χ0n) is 77.3. The quantitative estimate of drug-likeness (QED) is 0.0294. The van der Waals surface area contributed by atoms with E-state index in [4.69, 9.17) is 11.5 Å². The summed E-state index contributed by atoms with van der Waals surface area (Å²) < 4.78 is 0. The number of aliphatic hydroxyl groups is 2. The highest BCUT2D eigenvalue weighted by Gasteiger charge is 2.49. The summed E-state index contributed by atoms with van der Waals surface area (Å²) in [6.07, 6.45) is 1.49. The van der Waals surface area contributed by atoms with E-state index < -0.39 is 264 Å². The lowest BCUT2D eigenvalue weighted by Gasteiger charge is -2.35. The van der Waals surface area contributed by atoms with Crippen molar-refractivity contribution < 1.29 is 106 Å². The Balaban J connectivity index is 1.21. The van der Waals surface area contributed by atoms with Crippen LogP contribution in [0.3, 0.4) is 0 Å². The Hall–Kier alpha value is -10.2. The van der Waals surface area contributed by atoms with E-state index in [1.54, 1.807) is 111 Å². The molecule has 5 heterocycles. The van der Waals surface area contributed by atoms with Crippen molar-refractivity contribution in [2.24, 2.45) is 58.8 Å². The van der Waals surface area contributed by atoms with Gasteiger partial charge in [0.15, 0.2) is 0 Å². The number of carboxylic acid groups (broad SMARTS) is 1. The van der Waals surface area contributed by atoms with Crippen molar-refractivity contribution in [3.8, 4) is 0 Å². The Morgan fingerprint density at radius 1 is 0.370 bits per heavy atom. The molecule has 41 heteroatoms. The predicted molar refractivity (Wildman–Crippen MR) is 464 cm³/mol. The molecule has 5 aliphatic heterocycles. The lowest BCUT2D eigenvalue weighted by Crippen LogP contribution is -2.63. The highest BCUT2D eigenvalue weighted by Crippen LogP contribution is 2.31. The van der Waals surface area contributed by atoms with Crippen LogP contribution in [0.2, 0.25) is 0 Å². The molecule has 19 N–H and O–H groups in total.